The van der Waals surface area contributed by atoms with Crippen LogP contribution < -0.4 is 11.1 Å². The third-order valence-corrected chi connectivity index (χ3v) is 4.61. The number of nitrogens with one attached hydrogen (secondary N) is 1. The molecule has 2 aromatic rings. The van der Waals surface area contributed by atoms with Crippen LogP contribution in [0, 0.1) is 11.8 Å². The van der Waals surface area contributed by atoms with E-state index in [1.807, 2.05) is 0 Å². The van der Waals surface area contributed by atoms with Gasteiger partial charge in [0.2, 0.25) is 0 Å². The highest BCUT2D eigenvalue weighted by Crippen LogP contribution is 2.34. The van der Waals surface area contributed by atoms with E-state index in [1.54, 1.807) is 0 Å². The van der Waals surface area contributed by atoms with Crippen molar-refractivity contribution in [3.63, 3.8) is 0 Å². The van der Waals surface area contributed by atoms with Gasteiger partial charge in [-0.1, -0.05) is 55.5 Å². The molecule has 0 aromatic heterocycles. The van der Waals surface area contributed by atoms with E-state index in [-0.39, 0.29) is 0 Å². The zero-order valence-electron chi connectivity index (χ0n) is 13.2. The molecular weight excluding hydrogens is 280 g/mol. The van der Waals surface area contributed by atoms with E-state index >= 15 is 0 Å². The summed E-state index contributed by atoms with van der Waals surface area (Å²) in [6, 6.07) is 14.8. The van der Waals surface area contributed by atoms with Gasteiger partial charge < -0.3 is 11.1 Å². The van der Waals surface area contributed by atoms with Gasteiger partial charge in [-0.15, -0.1) is 0 Å². The van der Waals surface area contributed by atoms with Crippen molar-refractivity contribution < 1.29 is 0 Å². The SMILES string of the molecule is CC1C=C(N)C=C2C=C(Nc3cccc4ccccc34)C=CC21. The smallest absolute Gasteiger partial charge is 0.0463 e. The predicted octanol–water partition coefficient (Wildman–Crippen LogP) is 4.74. The zero-order chi connectivity index (χ0) is 15.8. The molecule has 0 radical (unpaired) electrons. The predicted molar refractivity (Wildman–Crippen MR) is 97.8 cm³/mol. The van der Waals surface area contributed by atoms with Gasteiger partial charge in [0.25, 0.3) is 0 Å². The molecule has 2 aliphatic carbocycles. The Bertz CT molecular complexity index is 878. The first-order valence-electron chi connectivity index (χ1n) is 8.04. The molecule has 2 aromatic carbocycles. The van der Waals surface area contributed by atoms with Crippen LogP contribution in [0.5, 0.6) is 0 Å². The Hall–Kier alpha value is -2.74. The molecule has 3 N–H and O–H groups in total. The largest absolute Gasteiger partial charge is 0.399 e. The first-order chi connectivity index (χ1) is 11.2. The number of benzene rings is 2. The lowest BCUT2D eigenvalue weighted by molar-refractivity contribution is 0.576. The fourth-order valence-corrected chi connectivity index (χ4v) is 3.47. The zero-order valence-corrected chi connectivity index (χ0v) is 13.2. The summed E-state index contributed by atoms with van der Waals surface area (Å²) >= 11 is 0. The van der Waals surface area contributed by atoms with Gasteiger partial charge >= 0.3 is 0 Å². The molecule has 2 unspecified atom stereocenters. The fourth-order valence-electron chi connectivity index (χ4n) is 3.47. The van der Waals surface area contributed by atoms with Crippen molar-refractivity contribution in [2.45, 2.75) is 6.92 Å². The second kappa shape index (κ2) is 5.47. The van der Waals surface area contributed by atoms with E-state index in [9.17, 15) is 0 Å². The van der Waals surface area contributed by atoms with Crippen LogP contribution >= 0.6 is 0 Å². The van der Waals surface area contributed by atoms with Crippen LogP contribution in [0.4, 0.5) is 5.69 Å². The maximum Gasteiger partial charge on any atom is 0.0463 e. The Balaban J connectivity index is 1.68. The van der Waals surface area contributed by atoms with Crippen LogP contribution in [0.25, 0.3) is 10.8 Å². The quantitative estimate of drug-likeness (QED) is 0.840. The Morgan fingerprint density at radius 3 is 2.74 bits per heavy atom. The van der Waals surface area contributed by atoms with Crippen molar-refractivity contribution in [2.24, 2.45) is 17.6 Å². The second-order valence-electron chi connectivity index (χ2n) is 6.31. The Labute approximate surface area is 136 Å². The van der Waals surface area contributed by atoms with Gasteiger partial charge in [0.05, 0.1) is 0 Å². The van der Waals surface area contributed by atoms with E-state index in [4.69, 9.17) is 5.73 Å². The molecule has 2 atom stereocenters. The van der Waals surface area contributed by atoms with Crippen molar-refractivity contribution in [1.82, 2.24) is 0 Å². The summed E-state index contributed by atoms with van der Waals surface area (Å²) in [4.78, 5) is 0. The average molecular weight is 300 g/mol. The molecule has 0 saturated heterocycles. The van der Waals surface area contributed by atoms with Crippen LogP contribution in [0.1, 0.15) is 6.92 Å². The fraction of sp³-hybridized carbons (Fsp3) is 0.143. The molecule has 0 heterocycles. The summed E-state index contributed by atoms with van der Waals surface area (Å²) in [7, 11) is 0. The number of fused-ring (bicyclic) bond motifs is 2. The lowest BCUT2D eigenvalue weighted by Crippen LogP contribution is -2.19. The molecule has 0 amide bonds. The average Bonchev–Trinajstić information content (AvgIpc) is 2.55. The van der Waals surface area contributed by atoms with Crippen molar-refractivity contribution >= 4 is 16.5 Å². The van der Waals surface area contributed by atoms with Crippen LogP contribution in [0.2, 0.25) is 0 Å². The van der Waals surface area contributed by atoms with Crippen LogP contribution in [-0.2, 0) is 0 Å². The van der Waals surface area contributed by atoms with Gasteiger partial charge in [0.15, 0.2) is 0 Å². The summed E-state index contributed by atoms with van der Waals surface area (Å²) in [5.41, 5.74) is 10.4. The van der Waals surface area contributed by atoms with Crippen molar-refractivity contribution in [2.75, 3.05) is 5.32 Å². The van der Waals surface area contributed by atoms with E-state index < -0.39 is 0 Å². The highest BCUT2D eigenvalue weighted by atomic mass is 14.9. The number of hydrogen-bond donors (Lipinski definition) is 2. The minimum absolute atomic E-state index is 0.431. The van der Waals surface area contributed by atoms with Crippen LogP contribution in [0.15, 0.2) is 89.8 Å². The van der Waals surface area contributed by atoms with Gasteiger partial charge in [-0.2, -0.15) is 0 Å². The molecule has 2 nitrogen and oxygen atoms in total. The summed E-state index contributed by atoms with van der Waals surface area (Å²) < 4.78 is 0. The van der Waals surface area contributed by atoms with Crippen molar-refractivity contribution in [3.05, 3.63) is 89.8 Å². The monoisotopic (exact) mass is 300 g/mol. The summed E-state index contributed by atoms with van der Waals surface area (Å²) in [5, 5.41) is 6.04. The Morgan fingerprint density at radius 2 is 1.83 bits per heavy atom. The molecule has 2 heteroatoms. The van der Waals surface area contributed by atoms with Crippen molar-refractivity contribution in [1.29, 1.82) is 0 Å². The first kappa shape index (κ1) is 13.9. The minimum Gasteiger partial charge on any atom is -0.399 e. The van der Waals surface area contributed by atoms with E-state index in [0.717, 1.165) is 17.1 Å². The first-order valence-corrected chi connectivity index (χ1v) is 8.04. The molecule has 114 valence electrons. The molecule has 0 spiro atoms. The van der Waals surface area contributed by atoms with E-state index in [0.29, 0.717) is 11.8 Å². The number of nitrogens with two attached hydrogens (primary N) is 1. The maximum absolute atomic E-state index is 6.02. The highest BCUT2D eigenvalue weighted by molar-refractivity contribution is 5.94. The lowest BCUT2D eigenvalue weighted by atomic mass is 9.79. The summed E-state index contributed by atoms with van der Waals surface area (Å²) in [6.07, 6.45) is 10.9. The van der Waals surface area contributed by atoms with E-state index in [1.165, 1.54) is 16.3 Å². The summed E-state index contributed by atoms with van der Waals surface area (Å²) in [5.74, 6) is 0.877. The van der Waals surface area contributed by atoms with Gasteiger partial charge in [-0.25, -0.2) is 0 Å². The molecular formula is C21H20N2. The van der Waals surface area contributed by atoms with E-state index in [2.05, 4.69) is 85.1 Å². The lowest BCUT2D eigenvalue weighted by Gasteiger charge is -2.27. The van der Waals surface area contributed by atoms with Crippen LogP contribution in [-0.4, -0.2) is 0 Å². The number of anilines is 1. The Kier molecular flexibility index (Phi) is 3.30. The normalized spacial score (nSPS) is 22.9. The van der Waals surface area contributed by atoms with Crippen LogP contribution in [0.3, 0.4) is 0 Å². The number of hydrogen-bond acceptors (Lipinski definition) is 2. The third kappa shape index (κ3) is 2.57. The topological polar surface area (TPSA) is 38.0 Å². The molecule has 23 heavy (non-hydrogen) atoms. The van der Waals surface area contributed by atoms with Gasteiger partial charge in [0.1, 0.15) is 0 Å². The molecule has 0 bridgehead atoms. The second-order valence-corrected chi connectivity index (χ2v) is 6.31. The standard InChI is InChI=1S/C21H20N2/c1-14-11-17(22)12-16-13-18(9-10-19(14)16)23-21-8-4-6-15-5-2-3-7-20(15)21/h2-14,19,23H,22H2,1H3. The number of rotatable bonds is 2. The molecule has 0 saturated carbocycles. The maximum atomic E-state index is 6.02. The minimum atomic E-state index is 0.431. The van der Waals surface area contributed by atoms with Gasteiger partial charge in [-0.3, -0.25) is 0 Å². The summed E-state index contributed by atoms with van der Waals surface area (Å²) in [6.45, 7) is 2.21. The Morgan fingerprint density at radius 1 is 1.00 bits per heavy atom. The van der Waals surface area contributed by atoms with Gasteiger partial charge in [-0.05, 0) is 41.2 Å². The van der Waals surface area contributed by atoms with Crippen molar-refractivity contribution in [3.8, 4) is 0 Å². The molecule has 4 rings (SSSR count). The van der Waals surface area contributed by atoms with Gasteiger partial charge in [0, 0.05) is 28.4 Å². The highest BCUT2D eigenvalue weighted by Gasteiger charge is 2.22. The molecule has 2 aliphatic rings. The number of allylic oxidation sites excluding steroid dienone is 6. The third-order valence-electron chi connectivity index (χ3n) is 4.61. The molecule has 0 fully saturated rings. The molecule has 0 aliphatic heterocycles.